The molecule has 0 spiro atoms. The molecule has 0 aliphatic carbocycles. The van der Waals surface area contributed by atoms with E-state index in [2.05, 4.69) is 123 Å². The molecular weight excluding hydrogens is 991 g/mol. The van der Waals surface area contributed by atoms with Crippen LogP contribution in [0.5, 0.6) is 0 Å². The second kappa shape index (κ2) is 54.9. The van der Waals surface area contributed by atoms with Crippen LogP contribution in [0.4, 0.5) is 0 Å². The standard InChI is InChI=1S/C68H115NO10/c1-4-7-10-13-16-19-22-24-26-27-28-29-30-31-32-33-34-35-36-38-41-44-47-50-53-56-63(73)79-66-65(75)64(74)62(57-70)78-68(66)77-58-59(60(71)54-51-48-45-42-39-21-18-15-12-9-6-3)69-67(76)61(72)55-52-49-46-43-40-37-25-23-20-17-14-11-8-5-2/h7,10,16-17,19-20,23-26,28-29,31-32,34-35,51,54,59-62,64-66,68,70-72,74-75H,4-6,8-9,11-15,18,21-22,27,30,33,36-50,52-53,55-58H2,1-3H3,(H,69,76)/b10-7-,19-16-,20-17+,25-23+,26-24-,29-28-,32-31-,35-34-,54-51+. The fraction of sp³-hybridized carbons (Fsp3) is 0.706. The van der Waals surface area contributed by atoms with E-state index in [1.54, 1.807) is 6.08 Å². The van der Waals surface area contributed by atoms with Crippen molar-refractivity contribution in [1.29, 1.82) is 0 Å². The van der Waals surface area contributed by atoms with Gasteiger partial charge in [0.25, 0.3) is 0 Å². The normalized spacial score (nSPS) is 19.6. The third kappa shape index (κ3) is 42.8. The Morgan fingerprint density at radius 3 is 1.47 bits per heavy atom. The van der Waals surface area contributed by atoms with Gasteiger partial charge in [0.2, 0.25) is 5.91 Å². The van der Waals surface area contributed by atoms with Gasteiger partial charge in [-0.1, -0.05) is 246 Å². The highest BCUT2D eigenvalue weighted by Gasteiger charge is 2.47. The molecule has 11 nitrogen and oxygen atoms in total. The summed E-state index contributed by atoms with van der Waals surface area (Å²) in [7, 11) is 0. The van der Waals surface area contributed by atoms with Crippen molar-refractivity contribution in [2.45, 2.75) is 294 Å². The Hall–Kier alpha value is -3.68. The number of unbranched alkanes of at least 4 members (excludes halogenated alkanes) is 23. The summed E-state index contributed by atoms with van der Waals surface area (Å²) in [4.78, 5) is 26.5. The molecular formula is C68H115NO10. The van der Waals surface area contributed by atoms with Crippen LogP contribution in [0.25, 0.3) is 0 Å². The van der Waals surface area contributed by atoms with Gasteiger partial charge in [-0.25, -0.2) is 0 Å². The lowest BCUT2D eigenvalue weighted by Gasteiger charge is -2.41. The van der Waals surface area contributed by atoms with Crippen LogP contribution in [-0.2, 0) is 23.8 Å². The number of allylic oxidation sites excluding steroid dienone is 17. The molecule has 1 heterocycles. The summed E-state index contributed by atoms with van der Waals surface area (Å²) in [6.45, 7) is 5.61. The molecule has 0 saturated carbocycles. The fourth-order valence-corrected chi connectivity index (χ4v) is 9.17. The minimum Gasteiger partial charge on any atom is -0.454 e. The van der Waals surface area contributed by atoms with Gasteiger partial charge in [0, 0.05) is 6.42 Å². The summed E-state index contributed by atoms with van der Waals surface area (Å²) in [6.07, 6.45) is 64.1. The molecule has 0 aromatic carbocycles. The number of hydrogen-bond acceptors (Lipinski definition) is 10. The van der Waals surface area contributed by atoms with E-state index in [-0.39, 0.29) is 19.4 Å². The lowest BCUT2D eigenvalue weighted by molar-refractivity contribution is -0.305. The molecule has 0 bridgehead atoms. The summed E-state index contributed by atoms with van der Waals surface area (Å²) in [5, 5.41) is 56.9. The van der Waals surface area contributed by atoms with Crippen LogP contribution in [0.1, 0.15) is 245 Å². The maximum absolute atomic E-state index is 13.4. The van der Waals surface area contributed by atoms with Crippen LogP contribution in [0.3, 0.4) is 0 Å². The van der Waals surface area contributed by atoms with Crippen molar-refractivity contribution >= 4 is 11.9 Å². The van der Waals surface area contributed by atoms with Crippen molar-refractivity contribution in [2.24, 2.45) is 0 Å². The topological polar surface area (TPSA) is 175 Å². The summed E-state index contributed by atoms with van der Waals surface area (Å²) >= 11 is 0. The predicted octanol–water partition coefficient (Wildman–Crippen LogP) is 15.3. The van der Waals surface area contributed by atoms with Gasteiger partial charge in [-0.2, -0.15) is 0 Å². The van der Waals surface area contributed by atoms with E-state index >= 15 is 0 Å². The Bertz CT molecular complexity index is 1700. The molecule has 6 N–H and O–H groups in total. The molecule has 8 atom stereocenters. The van der Waals surface area contributed by atoms with Crippen LogP contribution < -0.4 is 5.32 Å². The molecule has 8 unspecified atom stereocenters. The number of carbonyl (C=O) groups excluding carboxylic acids is 2. The van der Waals surface area contributed by atoms with Gasteiger partial charge in [-0.15, -0.1) is 0 Å². The first kappa shape index (κ1) is 73.3. The molecule has 1 aliphatic rings. The van der Waals surface area contributed by atoms with Crippen molar-refractivity contribution < 1.29 is 49.3 Å². The lowest BCUT2D eigenvalue weighted by atomic mass is 9.99. The second-order valence-electron chi connectivity index (χ2n) is 21.4. The number of carbonyl (C=O) groups is 2. The third-order valence-corrected chi connectivity index (χ3v) is 14.2. The zero-order chi connectivity index (χ0) is 57.5. The minimum absolute atomic E-state index is 0.0987. The summed E-state index contributed by atoms with van der Waals surface area (Å²) in [5.41, 5.74) is 0. The molecule has 79 heavy (non-hydrogen) atoms. The highest BCUT2D eigenvalue weighted by molar-refractivity contribution is 5.80. The number of ether oxygens (including phenoxy) is 3. The molecule has 0 aromatic heterocycles. The van der Waals surface area contributed by atoms with E-state index in [1.165, 1.54) is 57.8 Å². The van der Waals surface area contributed by atoms with E-state index < -0.39 is 67.4 Å². The van der Waals surface area contributed by atoms with Crippen molar-refractivity contribution in [1.82, 2.24) is 5.32 Å². The molecule has 1 saturated heterocycles. The molecule has 1 rings (SSSR count). The quantitative estimate of drug-likeness (QED) is 0.0149. The zero-order valence-electron chi connectivity index (χ0n) is 50.0. The van der Waals surface area contributed by atoms with E-state index in [1.807, 2.05) is 6.08 Å². The van der Waals surface area contributed by atoms with Crippen LogP contribution in [0.15, 0.2) is 109 Å². The molecule has 0 radical (unpaired) electrons. The van der Waals surface area contributed by atoms with E-state index in [4.69, 9.17) is 14.2 Å². The number of aliphatic hydroxyl groups is 5. The second-order valence-corrected chi connectivity index (χ2v) is 21.4. The van der Waals surface area contributed by atoms with Gasteiger partial charge < -0.3 is 45.1 Å². The van der Waals surface area contributed by atoms with Crippen LogP contribution in [0.2, 0.25) is 0 Å². The molecule has 1 amide bonds. The Morgan fingerprint density at radius 2 is 0.949 bits per heavy atom. The van der Waals surface area contributed by atoms with Crippen molar-refractivity contribution in [2.75, 3.05) is 13.2 Å². The van der Waals surface area contributed by atoms with Gasteiger partial charge in [-0.3, -0.25) is 9.59 Å². The Kier molecular flexibility index (Phi) is 50.9. The van der Waals surface area contributed by atoms with Crippen LogP contribution in [0, 0.1) is 0 Å². The molecule has 11 heteroatoms. The number of amides is 1. The Balaban J connectivity index is 2.63. The van der Waals surface area contributed by atoms with Gasteiger partial charge in [0.1, 0.15) is 24.4 Å². The molecule has 1 aliphatic heterocycles. The minimum atomic E-state index is -1.63. The number of aliphatic hydroxyl groups excluding tert-OH is 5. The largest absolute Gasteiger partial charge is 0.454 e. The van der Waals surface area contributed by atoms with Crippen LogP contribution >= 0.6 is 0 Å². The van der Waals surface area contributed by atoms with Gasteiger partial charge in [0.15, 0.2) is 12.4 Å². The molecule has 1 fully saturated rings. The van der Waals surface area contributed by atoms with Crippen LogP contribution in [-0.4, -0.2) is 99.6 Å². The van der Waals surface area contributed by atoms with E-state index in [0.717, 1.165) is 141 Å². The first-order valence-corrected chi connectivity index (χ1v) is 31.7. The summed E-state index contributed by atoms with van der Waals surface area (Å²) in [5.74, 6) is -1.23. The number of hydrogen-bond donors (Lipinski definition) is 6. The lowest BCUT2D eigenvalue weighted by Crippen LogP contribution is -2.61. The van der Waals surface area contributed by atoms with Gasteiger partial charge in [0.05, 0.1) is 25.4 Å². The van der Waals surface area contributed by atoms with Crippen molar-refractivity contribution in [3.05, 3.63) is 109 Å². The highest BCUT2D eigenvalue weighted by Crippen LogP contribution is 2.26. The number of rotatable bonds is 52. The maximum Gasteiger partial charge on any atom is 0.306 e. The monoisotopic (exact) mass is 1110 g/mol. The molecule has 452 valence electrons. The third-order valence-electron chi connectivity index (χ3n) is 14.2. The average molecular weight is 1110 g/mol. The van der Waals surface area contributed by atoms with Gasteiger partial charge in [-0.05, 0) is 103 Å². The summed E-state index contributed by atoms with van der Waals surface area (Å²) < 4.78 is 17.6. The number of esters is 1. The highest BCUT2D eigenvalue weighted by atomic mass is 16.7. The average Bonchev–Trinajstić information content (AvgIpc) is 3.47. The predicted molar refractivity (Wildman–Crippen MR) is 328 cm³/mol. The SMILES string of the molecule is CC/C=C\C/C=C\C/C=C\C/C=C\C/C=C\C/C=C\CCCCCCCCC(=O)OC1C(OCC(NC(=O)C(O)CCCCCCC/C=C/C=C/CCCCC)C(O)/C=C/CCCCCCCCCCC)OC(CO)C(O)C1O. The first-order valence-electron chi connectivity index (χ1n) is 31.7. The fourth-order valence-electron chi connectivity index (χ4n) is 9.17. The van der Waals surface area contributed by atoms with Crippen molar-refractivity contribution in [3.8, 4) is 0 Å². The molecule has 0 aromatic rings. The first-order chi connectivity index (χ1) is 38.7. The van der Waals surface area contributed by atoms with Crippen molar-refractivity contribution in [3.63, 3.8) is 0 Å². The zero-order valence-corrected chi connectivity index (χ0v) is 50.0. The smallest absolute Gasteiger partial charge is 0.306 e. The Morgan fingerprint density at radius 1 is 0.519 bits per heavy atom. The van der Waals surface area contributed by atoms with E-state index in [0.29, 0.717) is 12.8 Å². The summed E-state index contributed by atoms with van der Waals surface area (Å²) in [6, 6.07) is -1.04. The maximum atomic E-state index is 13.4. The Labute approximate surface area is 481 Å². The van der Waals surface area contributed by atoms with E-state index in [9.17, 15) is 35.1 Å². The van der Waals surface area contributed by atoms with Gasteiger partial charge >= 0.3 is 5.97 Å². The number of nitrogens with one attached hydrogen (secondary N) is 1.